The summed E-state index contributed by atoms with van der Waals surface area (Å²) < 4.78 is 44.4. The number of nitrogens with two attached hydrogens (primary N) is 1. The zero-order chi connectivity index (χ0) is 23.4. The summed E-state index contributed by atoms with van der Waals surface area (Å²) in [5.74, 6) is 1.81. The minimum absolute atomic E-state index is 0.0546. The van der Waals surface area contributed by atoms with Crippen LogP contribution in [-0.2, 0) is 21.2 Å². The van der Waals surface area contributed by atoms with Crippen molar-refractivity contribution in [1.82, 2.24) is 4.31 Å². The molecular weight excluding hydrogens is 444 g/mol. The highest BCUT2D eigenvalue weighted by Crippen LogP contribution is 2.35. The second-order valence-electron chi connectivity index (χ2n) is 7.33. The molecule has 0 radical (unpaired) electrons. The van der Waals surface area contributed by atoms with Gasteiger partial charge in [0.1, 0.15) is 17.2 Å². The van der Waals surface area contributed by atoms with E-state index in [2.05, 4.69) is 0 Å². The van der Waals surface area contributed by atoms with Crippen LogP contribution < -0.4 is 15.2 Å². The van der Waals surface area contributed by atoms with E-state index in [-0.39, 0.29) is 11.4 Å². The highest BCUT2D eigenvalue weighted by Gasteiger charge is 2.38. The van der Waals surface area contributed by atoms with Gasteiger partial charge in [0.05, 0.1) is 11.5 Å². The molecule has 0 aliphatic carbocycles. The molecule has 0 fully saturated rings. The number of carbonyl (C=O) groups excluding carboxylic acids is 1. The molecule has 0 aromatic heterocycles. The van der Waals surface area contributed by atoms with E-state index in [0.29, 0.717) is 30.1 Å². The Morgan fingerprint density at radius 3 is 2.21 bits per heavy atom. The third-order valence-corrected chi connectivity index (χ3v) is 7.07. The quantitative estimate of drug-likeness (QED) is 0.556. The van der Waals surface area contributed by atoms with Crippen molar-refractivity contribution in [3.63, 3.8) is 0 Å². The van der Waals surface area contributed by atoms with Crippen LogP contribution >= 0.6 is 0 Å². The van der Waals surface area contributed by atoms with Crippen molar-refractivity contribution in [3.8, 4) is 17.2 Å². The highest BCUT2D eigenvalue weighted by atomic mass is 32.2. The molecule has 172 valence electrons. The lowest BCUT2D eigenvalue weighted by molar-refractivity contribution is 0.0295. The molecule has 0 spiro atoms. The molecule has 1 atom stereocenters. The van der Waals surface area contributed by atoms with Crippen molar-refractivity contribution in [2.75, 3.05) is 13.2 Å². The molecular formula is C24H24N2O6S. The van der Waals surface area contributed by atoms with Gasteiger partial charge in [-0.05, 0) is 67.4 Å². The lowest BCUT2D eigenvalue weighted by Crippen LogP contribution is -2.42. The predicted molar refractivity (Wildman–Crippen MR) is 122 cm³/mol. The maximum Gasteiger partial charge on any atom is 0.406 e. The van der Waals surface area contributed by atoms with Gasteiger partial charge in [-0.15, -0.1) is 0 Å². The highest BCUT2D eigenvalue weighted by molar-refractivity contribution is 7.89. The summed E-state index contributed by atoms with van der Waals surface area (Å²) in [5, 5.41) is 0. The first-order valence-corrected chi connectivity index (χ1v) is 11.9. The predicted octanol–water partition coefficient (Wildman–Crippen LogP) is 4.22. The minimum atomic E-state index is -3.97. The van der Waals surface area contributed by atoms with Crippen molar-refractivity contribution in [1.29, 1.82) is 0 Å². The van der Waals surface area contributed by atoms with Crippen molar-refractivity contribution < 1.29 is 27.4 Å². The Hall–Kier alpha value is -3.56. The van der Waals surface area contributed by atoms with Crippen molar-refractivity contribution in [3.05, 3.63) is 83.9 Å². The summed E-state index contributed by atoms with van der Waals surface area (Å²) >= 11 is 0. The monoisotopic (exact) mass is 468 g/mol. The standard InChI is InChI=1S/C24H24N2O6S/c1-2-30-18-7-9-19(10-8-18)31-20-11-13-21(14-12-20)33(28,29)26-16-15-17-5-3-4-6-22(17)23(26)32-24(25)27/h3-14,23H,2,15-16H2,1H3,(H2,25,27)/t23-/m1/s1. The van der Waals surface area contributed by atoms with E-state index in [1.165, 1.54) is 12.1 Å². The maximum atomic E-state index is 13.4. The Balaban J connectivity index is 1.56. The molecule has 4 rings (SSSR count). The molecule has 1 heterocycles. The van der Waals surface area contributed by atoms with Gasteiger partial charge in [0.15, 0.2) is 6.23 Å². The van der Waals surface area contributed by atoms with Crippen molar-refractivity contribution in [2.45, 2.75) is 24.5 Å². The fraction of sp³-hybridized carbons (Fsp3) is 0.208. The van der Waals surface area contributed by atoms with Gasteiger partial charge in [-0.3, -0.25) is 0 Å². The first-order chi connectivity index (χ1) is 15.9. The summed E-state index contributed by atoms with van der Waals surface area (Å²) in [6.07, 6.45) is -1.68. The van der Waals surface area contributed by atoms with Gasteiger partial charge < -0.3 is 19.9 Å². The van der Waals surface area contributed by atoms with Crippen LogP contribution in [0.2, 0.25) is 0 Å². The second-order valence-corrected chi connectivity index (χ2v) is 9.22. The number of carbonyl (C=O) groups is 1. The van der Waals surface area contributed by atoms with E-state index in [0.717, 1.165) is 15.6 Å². The van der Waals surface area contributed by atoms with Gasteiger partial charge >= 0.3 is 6.09 Å². The van der Waals surface area contributed by atoms with Gasteiger partial charge in [0.2, 0.25) is 10.0 Å². The number of amides is 1. The van der Waals surface area contributed by atoms with Crippen LogP contribution in [0.15, 0.2) is 77.7 Å². The zero-order valence-corrected chi connectivity index (χ0v) is 18.8. The summed E-state index contributed by atoms with van der Waals surface area (Å²) in [5.41, 5.74) is 6.75. The lowest BCUT2D eigenvalue weighted by Gasteiger charge is -2.35. The summed E-state index contributed by atoms with van der Waals surface area (Å²) in [4.78, 5) is 11.6. The minimum Gasteiger partial charge on any atom is -0.494 e. The van der Waals surface area contributed by atoms with Crippen LogP contribution in [0.25, 0.3) is 0 Å². The number of rotatable bonds is 7. The zero-order valence-electron chi connectivity index (χ0n) is 18.0. The Morgan fingerprint density at radius 1 is 0.970 bits per heavy atom. The number of hydrogen-bond donors (Lipinski definition) is 1. The Morgan fingerprint density at radius 2 is 1.58 bits per heavy atom. The van der Waals surface area contributed by atoms with E-state index in [1.54, 1.807) is 48.5 Å². The van der Waals surface area contributed by atoms with Crippen LogP contribution in [0.3, 0.4) is 0 Å². The number of benzene rings is 3. The topological polar surface area (TPSA) is 108 Å². The van der Waals surface area contributed by atoms with Crippen molar-refractivity contribution >= 4 is 16.1 Å². The molecule has 3 aromatic rings. The fourth-order valence-electron chi connectivity index (χ4n) is 3.71. The Labute approximate surface area is 192 Å². The normalized spacial score (nSPS) is 16.0. The van der Waals surface area contributed by atoms with Gasteiger partial charge in [0, 0.05) is 12.1 Å². The van der Waals surface area contributed by atoms with Crippen LogP contribution in [0.5, 0.6) is 17.2 Å². The van der Waals surface area contributed by atoms with E-state index in [9.17, 15) is 13.2 Å². The van der Waals surface area contributed by atoms with Gasteiger partial charge in [0.25, 0.3) is 0 Å². The van der Waals surface area contributed by atoms with E-state index in [4.69, 9.17) is 19.9 Å². The molecule has 2 N–H and O–H groups in total. The number of hydrogen-bond acceptors (Lipinski definition) is 6. The fourth-order valence-corrected chi connectivity index (χ4v) is 5.20. The second kappa shape index (κ2) is 9.51. The molecule has 8 nitrogen and oxygen atoms in total. The van der Waals surface area contributed by atoms with Crippen LogP contribution in [-0.4, -0.2) is 32.0 Å². The molecule has 0 bridgehead atoms. The summed E-state index contributed by atoms with van der Waals surface area (Å²) in [6, 6.07) is 20.4. The largest absolute Gasteiger partial charge is 0.494 e. The Kier molecular flexibility index (Phi) is 6.52. The summed E-state index contributed by atoms with van der Waals surface area (Å²) in [7, 11) is -3.97. The third kappa shape index (κ3) is 4.94. The van der Waals surface area contributed by atoms with E-state index in [1.807, 2.05) is 19.1 Å². The van der Waals surface area contributed by atoms with Gasteiger partial charge in [-0.1, -0.05) is 24.3 Å². The number of nitrogens with zero attached hydrogens (tertiary/aromatic N) is 1. The van der Waals surface area contributed by atoms with Gasteiger partial charge in [-0.2, -0.15) is 4.31 Å². The maximum absolute atomic E-state index is 13.4. The average molecular weight is 469 g/mol. The molecule has 1 aliphatic heterocycles. The van der Waals surface area contributed by atoms with Gasteiger partial charge in [-0.25, -0.2) is 13.2 Å². The first-order valence-electron chi connectivity index (χ1n) is 10.4. The third-order valence-electron chi connectivity index (χ3n) is 5.21. The Bertz CT molecular complexity index is 1230. The molecule has 0 saturated carbocycles. The van der Waals surface area contributed by atoms with Crippen LogP contribution in [0, 0.1) is 0 Å². The van der Waals surface area contributed by atoms with E-state index >= 15 is 0 Å². The number of sulfonamides is 1. The molecule has 1 aliphatic rings. The molecule has 1 amide bonds. The summed E-state index contributed by atoms with van der Waals surface area (Å²) in [6.45, 7) is 2.64. The molecule has 3 aromatic carbocycles. The van der Waals surface area contributed by atoms with Crippen molar-refractivity contribution in [2.24, 2.45) is 5.73 Å². The van der Waals surface area contributed by atoms with Crippen LogP contribution in [0.1, 0.15) is 24.3 Å². The molecule has 33 heavy (non-hydrogen) atoms. The number of primary amides is 1. The van der Waals surface area contributed by atoms with Crippen LogP contribution in [0.4, 0.5) is 4.79 Å². The smallest absolute Gasteiger partial charge is 0.406 e. The molecule has 0 unspecified atom stereocenters. The number of ether oxygens (including phenoxy) is 3. The van der Waals surface area contributed by atoms with E-state index < -0.39 is 22.3 Å². The lowest BCUT2D eigenvalue weighted by atomic mass is 10.00. The molecule has 9 heteroatoms. The average Bonchev–Trinajstić information content (AvgIpc) is 2.81. The number of fused-ring (bicyclic) bond motifs is 1. The SMILES string of the molecule is CCOc1ccc(Oc2ccc(S(=O)(=O)N3CCc4ccccc4[C@H]3OC(N)=O)cc2)cc1. The first kappa shape index (κ1) is 22.6. The molecule has 0 saturated heterocycles.